The van der Waals surface area contributed by atoms with Gasteiger partial charge in [-0.15, -0.1) is 11.3 Å². The maximum absolute atomic E-state index is 11.8. The van der Waals surface area contributed by atoms with Crippen LogP contribution in [0.25, 0.3) is 0 Å². The summed E-state index contributed by atoms with van der Waals surface area (Å²) >= 11 is 7.60. The third-order valence-electron chi connectivity index (χ3n) is 1.61. The molecule has 3 N–H and O–H groups in total. The third-order valence-corrected chi connectivity index (χ3v) is 7.55. The van der Waals surface area contributed by atoms with E-state index in [4.69, 9.17) is 5.73 Å². The largest absolute Gasteiger partial charge is 0.329 e. The van der Waals surface area contributed by atoms with Crippen LogP contribution in [0, 0.1) is 0 Å². The lowest BCUT2D eigenvalue weighted by Crippen LogP contribution is -2.37. The van der Waals surface area contributed by atoms with Crippen molar-refractivity contribution < 1.29 is 8.42 Å². The van der Waals surface area contributed by atoms with Gasteiger partial charge in [0.25, 0.3) is 10.0 Å². The fourth-order valence-electron chi connectivity index (χ4n) is 0.854. The summed E-state index contributed by atoms with van der Waals surface area (Å²) in [6.45, 7) is 1.98. The van der Waals surface area contributed by atoms with Crippen LogP contribution in [0.1, 0.15) is 6.92 Å². The van der Waals surface area contributed by atoms with Crippen molar-refractivity contribution in [1.82, 2.24) is 4.72 Å². The van der Waals surface area contributed by atoms with Crippen molar-refractivity contribution in [1.29, 1.82) is 0 Å². The fourth-order valence-corrected chi connectivity index (χ4v) is 5.20. The minimum absolute atomic E-state index is 0.259. The predicted octanol–water partition coefficient (Wildman–Crippen LogP) is 1.90. The first-order chi connectivity index (χ1) is 6.88. The molecule has 8 heteroatoms. The van der Waals surface area contributed by atoms with Crippen LogP contribution in [0.4, 0.5) is 0 Å². The Balaban J connectivity index is 3.02. The zero-order valence-corrected chi connectivity index (χ0v) is 12.6. The zero-order chi connectivity index (χ0) is 11.6. The second-order valence-corrected chi connectivity index (χ2v) is 7.38. The Bertz CT molecular complexity index is 444. The Hall–Kier alpha value is 0.530. The molecule has 86 valence electrons. The monoisotopic (exact) mass is 376 g/mol. The number of thiophene rings is 1. The molecule has 1 heterocycles. The summed E-state index contributed by atoms with van der Waals surface area (Å²) in [6, 6.07) is -0.275. The molecular weight excluding hydrogens is 368 g/mol. The van der Waals surface area contributed by atoms with Gasteiger partial charge in [-0.25, -0.2) is 13.1 Å². The van der Waals surface area contributed by atoms with Crippen molar-refractivity contribution in [2.45, 2.75) is 17.2 Å². The van der Waals surface area contributed by atoms with Gasteiger partial charge in [-0.1, -0.05) is 0 Å². The first-order valence-corrected chi connectivity index (χ1v) is 7.98. The minimum atomic E-state index is -3.47. The summed E-state index contributed by atoms with van der Waals surface area (Å²) in [5, 5.41) is 1.71. The van der Waals surface area contributed by atoms with Crippen LogP contribution in [0.3, 0.4) is 0 Å². The highest BCUT2D eigenvalue weighted by molar-refractivity contribution is 9.13. The number of nitrogens with two attached hydrogens (primary N) is 1. The molecule has 1 aromatic rings. The van der Waals surface area contributed by atoms with Crippen LogP contribution in [0.15, 0.2) is 18.5 Å². The van der Waals surface area contributed by atoms with Gasteiger partial charge in [-0.2, -0.15) is 0 Å². The Morgan fingerprint density at radius 1 is 1.60 bits per heavy atom. The summed E-state index contributed by atoms with van der Waals surface area (Å²) in [7, 11) is -3.47. The lowest BCUT2D eigenvalue weighted by Gasteiger charge is -2.10. The van der Waals surface area contributed by atoms with Crippen molar-refractivity contribution >= 4 is 53.2 Å². The standard InChI is InChI=1S/C7H10Br2N2O2S2/c1-4(2-10)11-15(12,13)7-6(9)5(8)3-14-7/h3-4,11H,2,10H2,1H3/t4-/m0/s1. The highest BCUT2D eigenvalue weighted by atomic mass is 79.9. The summed E-state index contributed by atoms with van der Waals surface area (Å²) in [5.74, 6) is 0. The lowest BCUT2D eigenvalue weighted by molar-refractivity contribution is 0.564. The Labute approximate surface area is 110 Å². The van der Waals surface area contributed by atoms with Gasteiger partial charge in [0.1, 0.15) is 4.21 Å². The highest BCUT2D eigenvalue weighted by Crippen LogP contribution is 2.35. The van der Waals surface area contributed by atoms with Crippen LogP contribution < -0.4 is 10.5 Å². The maximum atomic E-state index is 11.8. The van der Waals surface area contributed by atoms with Crippen LogP contribution >= 0.6 is 43.2 Å². The van der Waals surface area contributed by atoms with E-state index in [1.54, 1.807) is 12.3 Å². The van der Waals surface area contributed by atoms with E-state index >= 15 is 0 Å². The average Bonchev–Trinajstić information content (AvgIpc) is 2.47. The van der Waals surface area contributed by atoms with Crippen LogP contribution in [-0.2, 0) is 10.0 Å². The zero-order valence-electron chi connectivity index (χ0n) is 7.83. The molecule has 0 aliphatic carbocycles. The van der Waals surface area contributed by atoms with E-state index in [1.807, 2.05) is 0 Å². The number of hydrogen-bond acceptors (Lipinski definition) is 4. The minimum Gasteiger partial charge on any atom is -0.329 e. The average molecular weight is 378 g/mol. The van der Waals surface area contributed by atoms with Crippen molar-refractivity contribution in [3.63, 3.8) is 0 Å². The molecule has 0 spiro atoms. The first-order valence-electron chi connectivity index (χ1n) is 4.03. The Morgan fingerprint density at radius 3 is 2.60 bits per heavy atom. The molecule has 0 saturated heterocycles. The van der Waals surface area contributed by atoms with Gasteiger partial charge >= 0.3 is 0 Å². The third kappa shape index (κ3) is 3.24. The molecule has 0 aliphatic rings. The van der Waals surface area contributed by atoms with E-state index in [9.17, 15) is 8.42 Å². The number of rotatable bonds is 4. The van der Waals surface area contributed by atoms with E-state index in [0.717, 1.165) is 15.8 Å². The van der Waals surface area contributed by atoms with E-state index in [1.165, 1.54) is 0 Å². The fraction of sp³-hybridized carbons (Fsp3) is 0.429. The summed E-state index contributed by atoms with van der Waals surface area (Å²) in [5.41, 5.74) is 5.36. The summed E-state index contributed by atoms with van der Waals surface area (Å²) in [6.07, 6.45) is 0. The van der Waals surface area contributed by atoms with Crippen molar-refractivity contribution in [2.24, 2.45) is 5.73 Å². The second-order valence-electron chi connectivity index (χ2n) is 2.94. The molecule has 0 radical (unpaired) electrons. The van der Waals surface area contributed by atoms with Crippen LogP contribution in [0.2, 0.25) is 0 Å². The quantitative estimate of drug-likeness (QED) is 0.841. The van der Waals surface area contributed by atoms with E-state index in [-0.39, 0.29) is 16.8 Å². The topological polar surface area (TPSA) is 72.2 Å². The van der Waals surface area contributed by atoms with E-state index in [0.29, 0.717) is 4.47 Å². The molecule has 0 saturated carbocycles. The second kappa shape index (κ2) is 5.24. The molecule has 1 atom stereocenters. The van der Waals surface area contributed by atoms with Crippen LogP contribution in [0.5, 0.6) is 0 Å². The summed E-state index contributed by atoms with van der Waals surface area (Å²) in [4.78, 5) is 0. The van der Waals surface area contributed by atoms with Crippen molar-refractivity contribution in [3.05, 3.63) is 14.3 Å². The van der Waals surface area contributed by atoms with Crippen LogP contribution in [-0.4, -0.2) is 21.0 Å². The smallest absolute Gasteiger partial charge is 0.251 e. The van der Waals surface area contributed by atoms with Crippen molar-refractivity contribution in [3.8, 4) is 0 Å². The number of sulfonamides is 1. The normalized spacial score (nSPS) is 14.1. The lowest BCUT2D eigenvalue weighted by atomic mass is 10.4. The molecule has 0 aliphatic heterocycles. The molecule has 4 nitrogen and oxygen atoms in total. The van der Waals surface area contributed by atoms with E-state index < -0.39 is 10.0 Å². The molecule has 0 unspecified atom stereocenters. The number of hydrogen-bond donors (Lipinski definition) is 2. The Morgan fingerprint density at radius 2 is 2.20 bits per heavy atom. The first kappa shape index (κ1) is 13.6. The molecular formula is C7H10Br2N2O2S2. The van der Waals surface area contributed by atoms with Gasteiger partial charge < -0.3 is 5.73 Å². The van der Waals surface area contributed by atoms with Gasteiger partial charge in [0.2, 0.25) is 0 Å². The molecule has 0 bridgehead atoms. The number of nitrogens with one attached hydrogen (secondary N) is 1. The predicted molar refractivity (Wildman–Crippen MR) is 68.6 cm³/mol. The molecule has 0 amide bonds. The molecule has 15 heavy (non-hydrogen) atoms. The number of halogens is 2. The van der Waals surface area contributed by atoms with E-state index in [2.05, 4.69) is 36.6 Å². The summed E-state index contributed by atoms with van der Waals surface area (Å²) < 4.78 is 27.7. The van der Waals surface area contributed by atoms with Gasteiger partial charge in [-0.3, -0.25) is 0 Å². The maximum Gasteiger partial charge on any atom is 0.251 e. The molecule has 0 fully saturated rings. The van der Waals surface area contributed by atoms with Gasteiger partial charge in [0.05, 0.1) is 4.47 Å². The van der Waals surface area contributed by atoms with Crippen molar-refractivity contribution in [2.75, 3.05) is 6.54 Å². The van der Waals surface area contributed by atoms with Gasteiger partial charge in [0.15, 0.2) is 0 Å². The molecule has 0 aromatic carbocycles. The highest BCUT2D eigenvalue weighted by Gasteiger charge is 2.22. The molecule has 1 aromatic heterocycles. The van der Waals surface area contributed by atoms with Gasteiger partial charge in [0, 0.05) is 22.4 Å². The van der Waals surface area contributed by atoms with Gasteiger partial charge in [-0.05, 0) is 38.8 Å². The Kier molecular flexibility index (Phi) is 4.75. The SMILES string of the molecule is C[C@@H](CN)NS(=O)(=O)c1scc(Br)c1Br. The molecule has 1 rings (SSSR count).